The van der Waals surface area contributed by atoms with Crippen molar-refractivity contribution in [2.45, 2.75) is 32.7 Å². The van der Waals surface area contributed by atoms with Gasteiger partial charge in [0.15, 0.2) is 0 Å². The molecule has 4 aromatic rings. The molecule has 0 aliphatic rings. The molecule has 9 heteroatoms. The second kappa shape index (κ2) is 10.1. The van der Waals surface area contributed by atoms with Crippen LogP contribution in [0, 0.1) is 18.3 Å². The van der Waals surface area contributed by atoms with Gasteiger partial charge < -0.3 is 10.2 Å². The third-order valence-electron chi connectivity index (χ3n) is 5.77. The molecular weight excluding hydrogens is 452 g/mol. The minimum atomic E-state index is -0.693. The first kappa shape index (κ1) is 24.7. The number of nitrogens with one attached hydrogen (secondary N) is 1. The molecule has 1 N–H and O–H groups in total. The van der Waals surface area contributed by atoms with E-state index in [0.717, 1.165) is 28.9 Å². The van der Waals surface area contributed by atoms with Gasteiger partial charge in [-0.15, -0.1) is 5.10 Å². The summed E-state index contributed by atoms with van der Waals surface area (Å²) in [5.41, 5.74) is 5.15. The van der Waals surface area contributed by atoms with Crippen molar-refractivity contribution < 1.29 is 4.79 Å². The second-order valence-electron chi connectivity index (χ2n) is 9.47. The second-order valence-corrected chi connectivity index (χ2v) is 9.47. The Hall–Kier alpha value is -4.42. The minimum absolute atomic E-state index is 0.287. The zero-order valence-corrected chi connectivity index (χ0v) is 21.0. The van der Waals surface area contributed by atoms with Crippen LogP contribution in [0.3, 0.4) is 0 Å². The number of hydrogen-bond donors (Lipinski definition) is 1. The predicted molar refractivity (Wildman–Crippen MR) is 138 cm³/mol. The summed E-state index contributed by atoms with van der Waals surface area (Å²) in [6.45, 7) is 6.29. The zero-order valence-electron chi connectivity index (χ0n) is 21.0. The van der Waals surface area contributed by atoms with E-state index in [1.54, 1.807) is 35.3 Å². The molecule has 9 nitrogen and oxygen atoms in total. The normalized spacial score (nSPS) is 11.4. The molecule has 1 amide bonds. The summed E-state index contributed by atoms with van der Waals surface area (Å²) in [6, 6.07) is 13.2. The van der Waals surface area contributed by atoms with E-state index in [2.05, 4.69) is 36.6 Å². The molecule has 0 spiro atoms. The maximum Gasteiger partial charge on any atom is 0.255 e. The Morgan fingerprint density at radius 3 is 2.72 bits per heavy atom. The summed E-state index contributed by atoms with van der Waals surface area (Å²) in [6.07, 6.45) is 7.02. The van der Waals surface area contributed by atoms with Crippen LogP contribution in [0.15, 0.2) is 61.2 Å². The first-order valence-corrected chi connectivity index (χ1v) is 11.5. The van der Waals surface area contributed by atoms with Crippen molar-refractivity contribution >= 4 is 11.6 Å². The number of benzene rings is 1. The lowest BCUT2D eigenvalue weighted by atomic mass is 9.85. The molecule has 182 valence electrons. The Bertz CT molecular complexity index is 1450. The summed E-state index contributed by atoms with van der Waals surface area (Å²) >= 11 is 0. The summed E-state index contributed by atoms with van der Waals surface area (Å²) < 4.78 is 1.64. The number of rotatable bonds is 7. The molecule has 0 bridgehead atoms. The fourth-order valence-corrected chi connectivity index (χ4v) is 3.73. The SMILES string of the molecule is Cc1ncc(NC(=O)c2cccc(C(C)(C)C#N)c2)cc1-n1cc(-c2cncc(CN(C)C)c2)nn1. The Labute approximate surface area is 210 Å². The maximum atomic E-state index is 12.9. The largest absolute Gasteiger partial charge is 0.321 e. The summed E-state index contributed by atoms with van der Waals surface area (Å²) in [5.74, 6) is -0.287. The van der Waals surface area contributed by atoms with Crippen LogP contribution in [-0.2, 0) is 12.0 Å². The fourth-order valence-electron chi connectivity index (χ4n) is 3.73. The Morgan fingerprint density at radius 2 is 1.97 bits per heavy atom. The van der Waals surface area contributed by atoms with Gasteiger partial charge in [-0.3, -0.25) is 14.8 Å². The molecule has 36 heavy (non-hydrogen) atoms. The van der Waals surface area contributed by atoms with Crippen LogP contribution in [0.1, 0.15) is 41.0 Å². The van der Waals surface area contributed by atoms with Gasteiger partial charge in [-0.25, -0.2) is 4.68 Å². The molecule has 0 saturated heterocycles. The van der Waals surface area contributed by atoms with Gasteiger partial charge in [-0.1, -0.05) is 17.3 Å². The number of amides is 1. The lowest BCUT2D eigenvalue weighted by molar-refractivity contribution is 0.102. The minimum Gasteiger partial charge on any atom is -0.321 e. The first-order chi connectivity index (χ1) is 17.2. The standard InChI is InChI=1S/C27H28N8O/c1-18-25(35-16-24(32-33-35)21-9-19(12-29-13-21)15-34(4)5)11-23(14-30-18)31-26(36)20-7-6-8-22(10-20)27(2,3)17-28/h6-14,16H,15H2,1-5H3,(H,31,36). The highest BCUT2D eigenvalue weighted by atomic mass is 16.1. The smallest absolute Gasteiger partial charge is 0.255 e. The predicted octanol–water partition coefficient (Wildman–Crippen LogP) is 4.15. The van der Waals surface area contributed by atoms with Crippen molar-refractivity contribution in [2.75, 3.05) is 19.4 Å². The summed E-state index contributed by atoms with van der Waals surface area (Å²) in [5, 5.41) is 20.9. The van der Waals surface area contributed by atoms with E-state index in [4.69, 9.17) is 0 Å². The van der Waals surface area contributed by atoms with Gasteiger partial charge >= 0.3 is 0 Å². The van der Waals surface area contributed by atoms with Crippen molar-refractivity contribution in [3.8, 4) is 23.0 Å². The molecule has 1 aromatic carbocycles. The molecular formula is C27H28N8O. The van der Waals surface area contributed by atoms with Crippen LogP contribution in [0.25, 0.3) is 16.9 Å². The number of pyridine rings is 2. The number of anilines is 1. The third-order valence-corrected chi connectivity index (χ3v) is 5.77. The zero-order chi connectivity index (χ0) is 25.9. The quantitative estimate of drug-likeness (QED) is 0.423. The van der Waals surface area contributed by atoms with Crippen LogP contribution in [0.4, 0.5) is 5.69 Å². The first-order valence-electron chi connectivity index (χ1n) is 11.5. The molecule has 0 fully saturated rings. The Kier molecular flexibility index (Phi) is 6.90. The third kappa shape index (κ3) is 5.45. The lowest BCUT2D eigenvalue weighted by Crippen LogP contribution is -2.17. The lowest BCUT2D eigenvalue weighted by Gasteiger charge is -2.16. The van der Waals surface area contributed by atoms with Gasteiger partial charge in [0, 0.05) is 30.1 Å². The summed E-state index contributed by atoms with van der Waals surface area (Å²) in [7, 11) is 4.02. The van der Waals surface area contributed by atoms with Gasteiger partial charge in [-0.05, 0) is 70.3 Å². The van der Waals surface area contributed by atoms with E-state index in [1.807, 2.05) is 65.5 Å². The molecule has 3 heterocycles. The monoisotopic (exact) mass is 480 g/mol. The number of nitriles is 1. The Morgan fingerprint density at radius 1 is 1.17 bits per heavy atom. The highest BCUT2D eigenvalue weighted by Crippen LogP contribution is 2.24. The van der Waals surface area contributed by atoms with Crippen LogP contribution >= 0.6 is 0 Å². The molecule has 0 saturated carbocycles. The Balaban J connectivity index is 1.57. The average Bonchev–Trinajstić information content (AvgIpc) is 3.35. The molecule has 4 rings (SSSR count). The van der Waals surface area contributed by atoms with E-state index in [0.29, 0.717) is 22.6 Å². The molecule has 3 aromatic heterocycles. The maximum absolute atomic E-state index is 12.9. The summed E-state index contributed by atoms with van der Waals surface area (Å²) in [4.78, 5) is 23.8. The number of carbonyl (C=O) groups is 1. The highest BCUT2D eigenvalue weighted by molar-refractivity contribution is 6.04. The van der Waals surface area contributed by atoms with Crippen molar-refractivity contribution in [3.63, 3.8) is 0 Å². The number of nitrogens with zero attached hydrogens (tertiary/aromatic N) is 7. The van der Waals surface area contributed by atoms with Crippen LogP contribution in [0.5, 0.6) is 0 Å². The number of hydrogen-bond acceptors (Lipinski definition) is 7. The van der Waals surface area contributed by atoms with Gasteiger partial charge in [0.05, 0.1) is 40.9 Å². The van der Waals surface area contributed by atoms with Crippen LogP contribution in [-0.4, -0.2) is 49.9 Å². The van der Waals surface area contributed by atoms with Gasteiger partial charge in [-0.2, -0.15) is 5.26 Å². The fraction of sp³-hybridized carbons (Fsp3) is 0.259. The van der Waals surface area contributed by atoms with Crippen molar-refractivity contribution in [1.29, 1.82) is 5.26 Å². The average molecular weight is 481 g/mol. The molecule has 0 aliphatic carbocycles. The van der Waals surface area contributed by atoms with Crippen molar-refractivity contribution in [1.82, 2.24) is 29.9 Å². The number of aromatic nitrogens is 5. The van der Waals surface area contributed by atoms with Gasteiger partial charge in [0.1, 0.15) is 5.69 Å². The van der Waals surface area contributed by atoms with Crippen LogP contribution in [0.2, 0.25) is 0 Å². The molecule has 0 unspecified atom stereocenters. The number of aryl methyl sites for hydroxylation is 1. The number of carbonyl (C=O) groups excluding carboxylic acids is 1. The molecule has 0 radical (unpaired) electrons. The molecule has 0 aliphatic heterocycles. The van der Waals surface area contributed by atoms with Crippen molar-refractivity contribution in [2.24, 2.45) is 0 Å². The van der Waals surface area contributed by atoms with Gasteiger partial charge in [0.25, 0.3) is 5.91 Å². The van der Waals surface area contributed by atoms with Crippen LogP contribution < -0.4 is 5.32 Å². The van der Waals surface area contributed by atoms with E-state index < -0.39 is 5.41 Å². The van der Waals surface area contributed by atoms with E-state index in [1.165, 1.54) is 0 Å². The molecule has 0 atom stereocenters. The topological polar surface area (TPSA) is 113 Å². The van der Waals surface area contributed by atoms with E-state index >= 15 is 0 Å². The van der Waals surface area contributed by atoms with Crippen molar-refractivity contribution in [3.05, 3.63) is 83.6 Å². The van der Waals surface area contributed by atoms with Gasteiger partial charge in [0.2, 0.25) is 0 Å². The van der Waals surface area contributed by atoms with E-state index in [9.17, 15) is 10.1 Å². The highest BCUT2D eigenvalue weighted by Gasteiger charge is 2.21. The van der Waals surface area contributed by atoms with E-state index in [-0.39, 0.29) is 5.91 Å².